The Kier molecular flexibility index (Phi) is 7.74. The maximum Gasteiger partial charge on any atom is 0.163 e. The number of nitrogens with zero attached hydrogens (tertiary/aromatic N) is 5. The van der Waals surface area contributed by atoms with E-state index in [4.69, 9.17) is 19.9 Å². The van der Waals surface area contributed by atoms with E-state index in [1.165, 1.54) is 16.2 Å². The molecule has 0 radical (unpaired) electrons. The van der Waals surface area contributed by atoms with E-state index in [-0.39, 0.29) is 0 Å². The Morgan fingerprint density at radius 1 is 0.298 bits per heavy atom. The highest BCUT2D eigenvalue weighted by atomic mass is 15.1. The highest BCUT2D eigenvalue weighted by Gasteiger charge is 2.21. The van der Waals surface area contributed by atoms with Gasteiger partial charge in [-0.3, -0.25) is 4.40 Å². The third-order valence-corrected chi connectivity index (χ3v) is 10.8. The average Bonchev–Trinajstić information content (AvgIpc) is 3.63. The van der Waals surface area contributed by atoms with Crippen molar-refractivity contribution < 1.29 is 0 Å². The molecule has 0 spiro atoms. The molecule has 0 saturated heterocycles. The predicted molar refractivity (Wildman–Crippen MR) is 234 cm³/mol. The first-order chi connectivity index (χ1) is 28.2. The lowest BCUT2D eigenvalue weighted by Crippen LogP contribution is -2.03. The highest BCUT2D eigenvalue weighted by molar-refractivity contribution is 6.06. The first kappa shape index (κ1) is 32.7. The lowest BCUT2D eigenvalue weighted by atomic mass is 10.0. The zero-order valence-electron chi connectivity index (χ0n) is 30.8. The van der Waals surface area contributed by atoms with E-state index >= 15 is 0 Å². The molecule has 3 heterocycles. The van der Waals surface area contributed by atoms with Gasteiger partial charge in [-0.25, -0.2) is 19.9 Å². The molecule has 0 amide bonds. The van der Waals surface area contributed by atoms with Gasteiger partial charge in [0.25, 0.3) is 0 Å². The van der Waals surface area contributed by atoms with Gasteiger partial charge >= 0.3 is 0 Å². The summed E-state index contributed by atoms with van der Waals surface area (Å²) in [5.74, 6) is 2.22. The van der Waals surface area contributed by atoms with Crippen LogP contribution in [0.5, 0.6) is 0 Å². The Morgan fingerprint density at radius 3 is 1.47 bits per heavy atom. The summed E-state index contributed by atoms with van der Waals surface area (Å²) >= 11 is 0. The van der Waals surface area contributed by atoms with Gasteiger partial charge < -0.3 is 0 Å². The minimum Gasteiger partial charge on any atom is -0.277 e. The zero-order valence-corrected chi connectivity index (χ0v) is 30.8. The topological polar surface area (TPSA) is 56.0 Å². The van der Waals surface area contributed by atoms with Crippen molar-refractivity contribution in [3.8, 4) is 67.9 Å². The van der Waals surface area contributed by atoms with E-state index in [0.717, 1.165) is 78.1 Å². The predicted octanol–water partition coefficient (Wildman–Crippen LogP) is 13.0. The van der Waals surface area contributed by atoms with Gasteiger partial charge in [-0.05, 0) is 45.3 Å². The van der Waals surface area contributed by atoms with Crippen LogP contribution in [0.4, 0.5) is 0 Å². The summed E-state index contributed by atoms with van der Waals surface area (Å²) in [4.78, 5) is 20.9. The molecule has 266 valence electrons. The second kappa shape index (κ2) is 13.5. The molecule has 8 aromatic carbocycles. The van der Waals surface area contributed by atoms with Crippen LogP contribution in [-0.2, 0) is 0 Å². The van der Waals surface area contributed by atoms with Crippen LogP contribution < -0.4 is 0 Å². The van der Waals surface area contributed by atoms with Crippen LogP contribution in [0, 0.1) is 0 Å². The van der Waals surface area contributed by atoms with Crippen molar-refractivity contribution in [3.63, 3.8) is 0 Å². The van der Waals surface area contributed by atoms with Crippen molar-refractivity contribution in [2.24, 2.45) is 0 Å². The molecule has 5 heteroatoms. The molecule has 0 aliphatic heterocycles. The van der Waals surface area contributed by atoms with Crippen LogP contribution in [0.15, 0.2) is 200 Å². The molecular formula is C52H33N5. The molecule has 57 heavy (non-hydrogen) atoms. The Morgan fingerprint density at radius 2 is 0.789 bits per heavy atom. The second-order valence-corrected chi connectivity index (χ2v) is 14.3. The molecule has 0 unspecified atom stereocenters. The summed E-state index contributed by atoms with van der Waals surface area (Å²) in [6.45, 7) is 0. The SMILES string of the molecule is c1ccc(-c2nc(-c3ccccc3)n3c(-c4ccc(-c5cc(-c6ccc7ccccc7c6)nc(-c6ccc7ccccc7c6)n5)cc4)c4ccccc4c3n2)cc1. The first-order valence-electron chi connectivity index (χ1n) is 19.1. The molecule has 0 aliphatic carbocycles. The fourth-order valence-electron chi connectivity index (χ4n) is 7.95. The van der Waals surface area contributed by atoms with Gasteiger partial charge in [0.15, 0.2) is 11.6 Å². The van der Waals surface area contributed by atoms with Crippen LogP contribution in [-0.4, -0.2) is 24.3 Å². The molecule has 0 fully saturated rings. The van der Waals surface area contributed by atoms with E-state index in [2.05, 4.69) is 180 Å². The number of hydrogen-bond acceptors (Lipinski definition) is 4. The van der Waals surface area contributed by atoms with Gasteiger partial charge in [-0.1, -0.05) is 182 Å². The zero-order chi connectivity index (χ0) is 37.7. The fourth-order valence-corrected chi connectivity index (χ4v) is 7.95. The third kappa shape index (κ3) is 5.81. The summed E-state index contributed by atoms with van der Waals surface area (Å²) in [5.41, 5.74) is 9.72. The van der Waals surface area contributed by atoms with Crippen LogP contribution in [0.2, 0.25) is 0 Å². The first-order valence-corrected chi connectivity index (χ1v) is 19.1. The van der Waals surface area contributed by atoms with E-state index in [1.807, 2.05) is 24.3 Å². The maximum atomic E-state index is 5.24. The van der Waals surface area contributed by atoms with E-state index in [1.54, 1.807) is 0 Å². The van der Waals surface area contributed by atoms with Gasteiger partial charge in [0.05, 0.1) is 17.1 Å². The van der Waals surface area contributed by atoms with Crippen LogP contribution in [0.1, 0.15) is 0 Å². The summed E-state index contributed by atoms with van der Waals surface area (Å²) in [6, 6.07) is 69.8. The van der Waals surface area contributed by atoms with Gasteiger partial charge in [0, 0.05) is 38.6 Å². The van der Waals surface area contributed by atoms with E-state index < -0.39 is 0 Å². The van der Waals surface area contributed by atoms with E-state index in [0.29, 0.717) is 11.6 Å². The van der Waals surface area contributed by atoms with E-state index in [9.17, 15) is 0 Å². The number of hydrogen-bond donors (Lipinski definition) is 0. The Balaban J connectivity index is 1.09. The third-order valence-electron chi connectivity index (χ3n) is 10.8. The average molecular weight is 728 g/mol. The molecule has 5 nitrogen and oxygen atoms in total. The summed E-state index contributed by atoms with van der Waals surface area (Å²) in [7, 11) is 0. The summed E-state index contributed by atoms with van der Waals surface area (Å²) in [5, 5.41) is 6.90. The Labute approximate surface area is 329 Å². The number of rotatable bonds is 6. The highest BCUT2D eigenvalue weighted by Crippen LogP contribution is 2.39. The van der Waals surface area contributed by atoms with Gasteiger partial charge in [-0.15, -0.1) is 0 Å². The molecule has 11 aromatic rings. The Hall–Kier alpha value is -7.76. The lowest BCUT2D eigenvalue weighted by molar-refractivity contribution is 1.05. The molecule has 0 atom stereocenters. The monoisotopic (exact) mass is 727 g/mol. The minimum atomic E-state index is 0.688. The number of fused-ring (bicyclic) bond motifs is 5. The standard InChI is InChI=1S/C52H33N5/c1-3-15-38(16-4-1)49-55-51(39-17-5-2-6-18-39)57-48(44-21-11-12-22-45(44)52(57)56-49)37-27-25-36(26-28-37)46-33-47(42-29-23-34-13-7-9-19-40(34)31-42)54-50(53-46)43-30-24-35-14-8-10-20-41(35)32-43/h1-33H. The lowest BCUT2D eigenvalue weighted by Gasteiger charge is -2.13. The number of benzene rings is 8. The van der Waals surface area contributed by atoms with Crippen LogP contribution >= 0.6 is 0 Å². The fraction of sp³-hybridized carbons (Fsp3) is 0. The molecule has 0 bridgehead atoms. The van der Waals surface area contributed by atoms with Gasteiger partial charge in [0.2, 0.25) is 0 Å². The van der Waals surface area contributed by atoms with Crippen molar-refractivity contribution in [1.82, 2.24) is 24.3 Å². The smallest absolute Gasteiger partial charge is 0.163 e. The molecule has 0 N–H and O–H groups in total. The van der Waals surface area contributed by atoms with Crippen molar-refractivity contribution >= 4 is 38.0 Å². The second-order valence-electron chi connectivity index (χ2n) is 14.3. The molecular weight excluding hydrogens is 695 g/mol. The van der Waals surface area contributed by atoms with Crippen LogP contribution in [0.25, 0.3) is 106 Å². The van der Waals surface area contributed by atoms with Crippen molar-refractivity contribution in [1.29, 1.82) is 0 Å². The molecule has 3 aromatic heterocycles. The Bertz CT molecular complexity index is 3180. The van der Waals surface area contributed by atoms with Gasteiger partial charge in [-0.2, -0.15) is 0 Å². The normalized spacial score (nSPS) is 11.5. The summed E-state index contributed by atoms with van der Waals surface area (Å²) in [6.07, 6.45) is 0. The van der Waals surface area contributed by atoms with Crippen molar-refractivity contribution in [2.75, 3.05) is 0 Å². The minimum absolute atomic E-state index is 0.688. The molecule has 0 saturated carbocycles. The quantitative estimate of drug-likeness (QED) is 0.171. The van der Waals surface area contributed by atoms with Crippen LogP contribution in [0.3, 0.4) is 0 Å². The number of aromatic nitrogens is 5. The van der Waals surface area contributed by atoms with Crippen molar-refractivity contribution in [2.45, 2.75) is 0 Å². The largest absolute Gasteiger partial charge is 0.277 e. The molecule has 0 aliphatic rings. The molecule has 11 rings (SSSR count). The maximum absolute atomic E-state index is 5.24. The summed E-state index contributed by atoms with van der Waals surface area (Å²) < 4.78 is 2.22. The van der Waals surface area contributed by atoms with Gasteiger partial charge in [0.1, 0.15) is 11.5 Å². The van der Waals surface area contributed by atoms with Crippen molar-refractivity contribution in [3.05, 3.63) is 200 Å².